The predicted octanol–water partition coefficient (Wildman–Crippen LogP) is 1.90. The average Bonchev–Trinajstić information content (AvgIpc) is 2.74. The van der Waals surface area contributed by atoms with Gasteiger partial charge in [-0.2, -0.15) is 0 Å². The van der Waals surface area contributed by atoms with E-state index in [1.165, 1.54) is 12.1 Å². The van der Waals surface area contributed by atoms with Gasteiger partial charge in [0.2, 0.25) is 5.95 Å². The molecule has 1 fully saturated rings. The standard InChI is InChI=1S/C20H22FN5O2/c1-28-13-12-25-7-6-18-17(19(25)27)14-22-20(23-18)26-10-8-24(9-11-26)16-4-2-15(21)3-5-16/h2-7,14H,8-13H2,1H3. The van der Waals surface area contributed by atoms with Crippen molar-refractivity contribution in [2.24, 2.45) is 0 Å². The van der Waals surface area contributed by atoms with Crippen LogP contribution in [0.2, 0.25) is 0 Å². The van der Waals surface area contributed by atoms with E-state index in [2.05, 4.69) is 19.8 Å². The van der Waals surface area contributed by atoms with Gasteiger partial charge in [-0.25, -0.2) is 14.4 Å². The molecular formula is C20H22FN5O2. The van der Waals surface area contributed by atoms with Crippen LogP contribution in [0.25, 0.3) is 10.9 Å². The number of pyridine rings is 1. The second kappa shape index (κ2) is 7.93. The Morgan fingerprint density at radius 2 is 1.79 bits per heavy atom. The van der Waals surface area contributed by atoms with Gasteiger partial charge >= 0.3 is 0 Å². The first kappa shape index (κ1) is 18.4. The van der Waals surface area contributed by atoms with Crippen molar-refractivity contribution in [3.63, 3.8) is 0 Å². The van der Waals surface area contributed by atoms with Crippen molar-refractivity contribution in [3.05, 3.63) is 58.9 Å². The SMILES string of the molecule is COCCn1ccc2nc(N3CCN(c4ccc(F)cc4)CC3)ncc2c1=O. The van der Waals surface area contributed by atoms with Crippen molar-refractivity contribution in [2.45, 2.75) is 6.54 Å². The lowest BCUT2D eigenvalue weighted by molar-refractivity contribution is 0.186. The number of ether oxygens (including phenoxy) is 1. The van der Waals surface area contributed by atoms with E-state index in [1.54, 1.807) is 36.2 Å². The van der Waals surface area contributed by atoms with Crippen LogP contribution in [0.15, 0.2) is 47.5 Å². The van der Waals surface area contributed by atoms with Crippen molar-refractivity contribution in [2.75, 3.05) is 49.7 Å². The van der Waals surface area contributed by atoms with Crippen molar-refractivity contribution < 1.29 is 9.13 Å². The van der Waals surface area contributed by atoms with E-state index in [0.29, 0.717) is 30.0 Å². The Morgan fingerprint density at radius 1 is 1.07 bits per heavy atom. The molecule has 2 aromatic heterocycles. The summed E-state index contributed by atoms with van der Waals surface area (Å²) < 4.78 is 19.8. The van der Waals surface area contributed by atoms with Gasteiger partial charge in [-0.1, -0.05) is 0 Å². The van der Waals surface area contributed by atoms with Gasteiger partial charge in [0.05, 0.1) is 17.5 Å². The summed E-state index contributed by atoms with van der Waals surface area (Å²) >= 11 is 0. The number of halogens is 1. The number of methoxy groups -OCH3 is 1. The first-order valence-corrected chi connectivity index (χ1v) is 9.26. The first-order chi connectivity index (χ1) is 13.7. The Balaban J connectivity index is 1.49. The highest BCUT2D eigenvalue weighted by Crippen LogP contribution is 2.19. The number of hydrogen-bond acceptors (Lipinski definition) is 6. The molecule has 0 aliphatic carbocycles. The van der Waals surface area contributed by atoms with E-state index in [1.807, 2.05) is 6.07 Å². The smallest absolute Gasteiger partial charge is 0.261 e. The molecule has 0 spiro atoms. The lowest BCUT2D eigenvalue weighted by atomic mass is 10.2. The number of rotatable bonds is 5. The van der Waals surface area contributed by atoms with Crippen LogP contribution >= 0.6 is 0 Å². The van der Waals surface area contributed by atoms with Crippen LogP contribution in [-0.2, 0) is 11.3 Å². The monoisotopic (exact) mass is 383 g/mol. The fourth-order valence-corrected chi connectivity index (χ4v) is 3.39. The van der Waals surface area contributed by atoms with Gasteiger partial charge in [-0.3, -0.25) is 4.79 Å². The zero-order chi connectivity index (χ0) is 19.5. The number of anilines is 2. The fourth-order valence-electron chi connectivity index (χ4n) is 3.39. The minimum absolute atomic E-state index is 0.109. The zero-order valence-electron chi connectivity index (χ0n) is 15.7. The highest BCUT2D eigenvalue weighted by molar-refractivity contribution is 5.77. The largest absolute Gasteiger partial charge is 0.383 e. The highest BCUT2D eigenvalue weighted by Gasteiger charge is 2.20. The Labute approximate surface area is 162 Å². The number of nitrogens with zero attached hydrogens (tertiary/aromatic N) is 5. The topological polar surface area (TPSA) is 63.5 Å². The molecule has 1 saturated heterocycles. The summed E-state index contributed by atoms with van der Waals surface area (Å²) in [6, 6.07) is 8.39. The van der Waals surface area contributed by atoms with E-state index >= 15 is 0 Å². The number of benzene rings is 1. The van der Waals surface area contributed by atoms with Gasteiger partial charge in [0.25, 0.3) is 5.56 Å². The quantitative estimate of drug-likeness (QED) is 0.671. The second-order valence-corrected chi connectivity index (χ2v) is 6.73. The lowest BCUT2D eigenvalue weighted by Gasteiger charge is -2.36. The minimum Gasteiger partial charge on any atom is -0.383 e. The molecular weight excluding hydrogens is 361 g/mol. The molecule has 28 heavy (non-hydrogen) atoms. The van der Waals surface area contributed by atoms with Crippen LogP contribution in [0.1, 0.15) is 0 Å². The molecule has 0 bridgehead atoms. The molecule has 0 unspecified atom stereocenters. The average molecular weight is 383 g/mol. The Kier molecular flexibility index (Phi) is 5.21. The van der Waals surface area contributed by atoms with Crippen LogP contribution in [0.5, 0.6) is 0 Å². The second-order valence-electron chi connectivity index (χ2n) is 6.73. The van der Waals surface area contributed by atoms with Crippen LogP contribution in [0.3, 0.4) is 0 Å². The summed E-state index contributed by atoms with van der Waals surface area (Å²) in [6.45, 7) is 4.08. The predicted molar refractivity (Wildman–Crippen MR) is 107 cm³/mol. The van der Waals surface area contributed by atoms with E-state index in [9.17, 15) is 9.18 Å². The minimum atomic E-state index is -0.228. The summed E-state index contributed by atoms with van der Waals surface area (Å²) in [7, 11) is 1.61. The molecule has 146 valence electrons. The Bertz CT molecular complexity index is 1010. The third-order valence-electron chi connectivity index (χ3n) is 5.00. The first-order valence-electron chi connectivity index (χ1n) is 9.26. The molecule has 0 N–H and O–H groups in total. The summed E-state index contributed by atoms with van der Waals surface area (Å²) in [5, 5.41) is 0.507. The molecule has 0 atom stereocenters. The van der Waals surface area contributed by atoms with Gasteiger partial charge in [0, 0.05) is 57.9 Å². The van der Waals surface area contributed by atoms with Gasteiger partial charge < -0.3 is 19.1 Å². The maximum atomic E-state index is 13.1. The van der Waals surface area contributed by atoms with Crippen LogP contribution in [-0.4, -0.2) is 54.4 Å². The van der Waals surface area contributed by atoms with Crippen molar-refractivity contribution in [1.29, 1.82) is 0 Å². The third kappa shape index (κ3) is 3.68. The third-order valence-corrected chi connectivity index (χ3v) is 5.00. The van der Waals surface area contributed by atoms with Gasteiger partial charge in [0.15, 0.2) is 0 Å². The van der Waals surface area contributed by atoms with Crippen LogP contribution in [0.4, 0.5) is 16.0 Å². The molecule has 0 amide bonds. The van der Waals surface area contributed by atoms with Crippen molar-refractivity contribution in [1.82, 2.24) is 14.5 Å². The molecule has 7 nitrogen and oxygen atoms in total. The van der Waals surface area contributed by atoms with Crippen molar-refractivity contribution >= 4 is 22.5 Å². The zero-order valence-corrected chi connectivity index (χ0v) is 15.7. The Hall–Kier alpha value is -3.00. The maximum Gasteiger partial charge on any atom is 0.261 e. The molecule has 3 heterocycles. The summed E-state index contributed by atoms with van der Waals surface area (Å²) in [4.78, 5) is 25.9. The molecule has 1 aromatic carbocycles. The van der Waals surface area contributed by atoms with E-state index in [-0.39, 0.29) is 11.4 Å². The van der Waals surface area contributed by atoms with Crippen LogP contribution < -0.4 is 15.4 Å². The van der Waals surface area contributed by atoms with E-state index in [0.717, 1.165) is 31.9 Å². The number of hydrogen-bond donors (Lipinski definition) is 0. The molecule has 1 aliphatic rings. The van der Waals surface area contributed by atoms with Crippen molar-refractivity contribution in [3.8, 4) is 0 Å². The molecule has 4 rings (SSSR count). The van der Waals surface area contributed by atoms with Gasteiger partial charge in [-0.15, -0.1) is 0 Å². The molecule has 0 saturated carbocycles. The highest BCUT2D eigenvalue weighted by atomic mass is 19.1. The van der Waals surface area contributed by atoms with E-state index in [4.69, 9.17) is 4.74 Å². The van der Waals surface area contributed by atoms with E-state index < -0.39 is 0 Å². The van der Waals surface area contributed by atoms with Gasteiger partial charge in [-0.05, 0) is 30.3 Å². The van der Waals surface area contributed by atoms with Gasteiger partial charge in [0.1, 0.15) is 5.82 Å². The number of piperazine rings is 1. The maximum absolute atomic E-state index is 13.1. The summed E-state index contributed by atoms with van der Waals surface area (Å²) in [5.41, 5.74) is 1.55. The summed E-state index contributed by atoms with van der Waals surface area (Å²) in [6.07, 6.45) is 3.35. The normalized spacial score (nSPS) is 14.6. The number of aromatic nitrogens is 3. The molecule has 0 radical (unpaired) electrons. The fraction of sp³-hybridized carbons (Fsp3) is 0.350. The molecule has 8 heteroatoms. The molecule has 1 aliphatic heterocycles. The van der Waals surface area contributed by atoms with Crippen LogP contribution in [0, 0.1) is 5.82 Å². The Morgan fingerprint density at radius 3 is 2.50 bits per heavy atom. The number of fused-ring (bicyclic) bond motifs is 1. The lowest BCUT2D eigenvalue weighted by Crippen LogP contribution is -2.47. The molecule has 3 aromatic rings. The summed E-state index contributed by atoms with van der Waals surface area (Å²) in [5.74, 6) is 0.397.